The lowest BCUT2D eigenvalue weighted by molar-refractivity contribution is 0.0921. The summed E-state index contributed by atoms with van der Waals surface area (Å²) in [4.78, 5) is 18.8. The molecule has 1 aromatic heterocycles. The van der Waals surface area contributed by atoms with Crippen molar-refractivity contribution in [3.63, 3.8) is 0 Å². The number of aromatic nitrogens is 2. The Morgan fingerprint density at radius 2 is 2.13 bits per heavy atom. The van der Waals surface area contributed by atoms with Gasteiger partial charge in [-0.05, 0) is 19.8 Å². The highest BCUT2D eigenvalue weighted by molar-refractivity contribution is 5.16. The van der Waals surface area contributed by atoms with Crippen LogP contribution in [0, 0.1) is 6.92 Å². The third kappa shape index (κ3) is 2.45. The van der Waals surface area contributed by atoms with E-state index in [1.807, 2.05) is 13.8 Å². The largest absolute Gasteiger partial charge is 0.374 e. The molecule has 0 aliphatic rings. The third-order valence-electron chi connectivity index (χ3n) is 2.57. The Balaban J connectivity index is 3.21. The van der Waals surface area contributed by atoms with Crippen molar-refractivity contribution in [3.8, 4) is 0 Å². The summed E-state index contributed by atoms with van der Waals surface area (Å²) in [6, 6.07) is 0. The van der Waals surface area contributed by atoms with Gasteiger partial charge in [-0.3, -0.25) is 4.79 Å². The molecule has 0 aromatic carbocycles. The molecule has 0 saturated heterocycles. The van der Waals surface area contributed by atoms with Crippen LogP contribution in [0.5, 0.6) is 0 Å². The van der Waals surface area contributed by atoms with Gasteiger partial charge in [-0.1, -0.05) is 13.8 Å². The Hall–Kier alpha value is -1.16. The molecule has 0 fully saturated rings. The minimum atomic E-state index is -0.122. The van der Waals surface area contributed by atoms with Gasteiger partial charge in [-0.15, -0.1) is 0 Å². The number of hydrogen-bond donors (Lipinski definition) is 1. The number of methoxy groups -OCH3 is 1. The maximum absolute atomic E-state index is 11.6. The molecule has 1 atom stereocenters. The van der Waals surface area contributed by atoms with E-state index in [1.54, 1.807) is 14.0 Å². The zero-order chi connectivity index (χ0) is 11.4. The van der Waals surface area contributed by atoms with Crippen LogP contribution in [0.2, 0.25) is 0 Å². The fourth-order valence-electron chi connectivity index (χ4n) is 1.57. The second kappa shape index (κ2) is 5.07. The van der Waals surface area contributed by atoms with E-state index in [2.05, 4.69) is 9.97 Å². The summed E-state index contributed by atoms with van der Waals surface area (Å²) >= 11 is 0. The first-order valence-corrected chi connectivity index (χ1v) is 5.26. The molecular formula is C11H18N2O2. The summed E-state index contributed by atoms with van der Waals surface area (Å²) in [5.74, 6) is 0.632. The number of nitrogens with zero attached hydrogens (tertiary/aromatic N) is 1. The second-order valence-electron chi connectivity index (χ2n) is 3.51. The van der Waals surface area contributed by atoms with Crippen molar-refractivity contribution in [1.29, 1.82) is 0 Å². The molecule has 0 amide bonds. The molecule has 1 heterocycles. The molecule has 1 unspecified atom stereocenters. The normalized spacial score (nSPS) is 12.8. The highest BCUT2D eigenvalue weighted by Crippen LogP contribution is 2.15. The van der Waals surface area contributed by atoms with Crippen LogP contribution in [-0.4, -0.2) is 17.1 Å². The second-order valence-corrected chi connectivity index (χ2v) is 3.51. The molecule has 0 spiro atoms. The molecule has 1 rings (SSSR count). The van der Waals surface area contributed by atoms with Gasteiger partial charge in [0.25, 0.3) is 5.56 Å². The quantitative estimate of drug-likeness (QED) is 0.823. The average Bonchev–Trinajstić information content (AvgIpc) is 2.24. The number of aromatic amines is 1. The number of ether oxygens (including phenoxy) is 1. The Bertz CT molecular complexity index is 381. The van der Waals surface area contributed by atoms with Crippen molar-refractivity contribution in [3.05, 3.63) is 27.4 Å². The van der Waals surface area contributed by atoms with Crippen molar-refractivity contribution < 1.29 is 4.74 Å². The standard InChI is InChI=1S/C11H18N2O2/c1-5-8-7(3)11(14)13-10(12-8)9(6-2)15-4/h9H,5-6H2,1-4H3,(H,12,13,14). The number of nitrogens with one attached hydrogen (secondary N) is 1. The van der Waals surface area contributed by atoms with Crippen LogP contribution < -0.4 is 5.56 Å². The van der Waals surface area contributed by atoms with Crippen molar-refractivity contribution in [1.82, 2.24) is 9.97 Å². The van der Waals surface area contributed by atoms with Gasteiger partial charge in [0.15, 0.2) is 0 Å². The Morgan fingerprint density at radius 3 is 2.60 bits per heavy atom. The monoisotopic (exact) mass is 210 g/mol. The summed E-state index contributed by atoms with van der Waals surface area (Å²) in [5, 5.41) is 0. The maximum Gasteiger partial charge on any atom is 0.254 e. The van der Waals surface area contributed by atoms with E-state index in [-0.39, 0.29) is 11.7 Å². The number of H-pyrrole nitrogens is 1. The highest BCUT2D eigenvalue weighted by Gasteiger charge is 2.13. The minimum absolute atomic E-state index is 0.0626. The first kappa shape index (κ1) is 11.9. The lowest BCUT2D eigenvalue weighted by atomic mass is 10.2. The zero-order valence-corrected chi connectivity index (χ0v) is 9.76. The molecule has 84 valence electrons. The van der Waals surface area contributed by atoms with Crippen LogP contribution in [0.15, 0.2) is 4.79 Å². The van der Waals surface area contributed by atoms with E-state index in [4.69, 9.17) is 4.74 Å². The van der Waals surface area contributed by atoms with E-state index in [9.17, 15) is 4.79 Å². The van der Waals surface area contributed by atoms with E-state index >= 15 is 0 Å². The van der Waals surface area contributed by atoms with Crippen molar-refractivity contribution >= 4 is 0 Å². The predicted molar refractivity (Wildman–Crippen MR) is 59.0 cm³/mol. The molecule has 15 heavy (non-hydrogen) atoms. The summed E-state index contributed by atoms with van der Waals surface area (Å²) in [6.07, 6.45) is 1.44. The van der Waals surface area contributed by atoms with Crippen molar-refractivity contribution in [2.45, 2.75) is 39.7 Å². The zero-order valence-electron chi connectivity index (χ0n) is 9.76. The van der Waals surface area contributed by atoms with E-state index in [0.717, 1.165) is 18.5 Å². The van der Waals surface area contributed by atoms with Crippen molar-refractivity contribution in [2.24, 2.45) is 0 Å². The molecule has 0 radical (unpaired) electrons. The van der Waals surface area contributed by atoms with Crippen LogP contribution in [0.4, 0.5) is 0 Å². The summed E-state index contributed by atoms with van der Waals surface area (Å²) < 4.78 is 5.25. The predicted octanol–water partition coefficient (Wildman–Crippen LogP) is 1.74. The molecule has 4 heteroatoms. The average molecular weight is 210 g/mol. The van der Waals surface area contributed by atoms with Crippen molar-refractivity contribution in [2.75, 3.05) is 7.11 Å². The SMILES string of the molecule is CCc1nc(C(CC)OC)[nH]c(=O)c1C. The highest BCUT2D eigenvalue weighted by atomic mass is 16.5. The van der Waals surface area contributed by atoms with E-state index in [0.29, 0.717) is 11.4 Å². The van der Waals surface area contributed by atoms with Crippen LogP contribution in [0.1, 0.15) is 43.5 Å². The smallest absolute Gasteiger partial charge is 0.254 e. The molecule has 0 aliphatic carbocycles. The van der Waals surface area contributed by atoms with Gasteiger partial charge < -0.3 is 9.72 Å². The first-order chi connectivity index (χ1) is 7.13. The number of hydrogen-bond acceptors (Lipinski definition) is 3. The Labute approximate surface area is 89.7 Å². The molecule has 1 aromatic rings. The molecule has 0 aliphatic heterocycles. The molecule has 0 saturated carbocycles. The molecule has 1 N–H and O–H groups in total. The third-order valence-corrected chi connectivity index (χ3v) is 2.57. The number of aryl methyl sites for hydroxylation is 1. The lowest BCUT2D eigenvalue weighted by Gasteiger charge is -2.13. The van der Waals surface area contributed by atoms with Crippen LogP contribution in [0.25, 0.3) is 0 Å². The van der Waals surface area contributed by atoms with Crippen LogP contribution >= 0.6 is 0 Å². The summed E-state index contributed by atoms with van der Waals surface area (Å²) in [7, 11) is 1.62. The molecule has 0 bridgehead atoms. The first-order valence-electron chi connectivity index (χ1n) is 5.26. The van der Waals surface area contributed by atoms with Crippen LogP contribution in [-0.2, 0) is 11.2 Å². The topological polar surface area (TPSA) is 55.0 Å². The molecular weight excluding hydrogens is 192 g/mol. The summed E-state index contributed by atoms with van der Waals surface area (Å²) in [6.45, 7) is 5.79. The van der Waals surface area contributed by atoms with E-state index in [1.165, 1.54) is 0 Å². The Kier molecular flexibility index (Phi) is 4.03. The van der Waals surface area contributed by atoms with Gasteiger partial charge in [-0.25, -0.2) is 4.98 Å². The minimum Gasteiger partial charge on any atom is -0.374 e. The fourth-order valence-corrected chi connectivity index (χ4v) is 1.57. The number of rotatable bonds is 4. The maximum atomic E-state index is 11.6. The van der Waals surface area contributed by atoms with Gasteiger partial charge in [-0.2, -0.15) is 0 Å². The molecule has 4 nitrogen and oxygen atoms in total. The van der Waals surface area contributed by atoms with Gasteiger partial charge >= 0.3 is 0 Å². The summed E-state index contributed by atoms with van der Waals surface area (Å²) in [5.41, 5.74) is 1.49. The van der Waals surface area contributed by atoms with Gasteiger partial charge in [0.2, 0.25) is 0 Å². The Morgan fingerprint density at radius 1 is 1.47 bits per heavy atom. The van der Waals surface area contributed by atoms with Crippen LogP contribution in [0.3, 0.4) is 0 Å². The lowest BCUT2D eigenvalue weighted by Crippen LogP contribution is -2.20. The van der Waals surface area contributed by atoms with Gasteiger partial charge in [0, 0.05) is 12.7 Å². The van der Waals surface area contributed by atoms with E-state index < -0.39 is 0 Å². The van der Waals surface area contributed by atoms with Gasteiger partial charge in [0.1, 0.15) is 11.9 Å². The fraction of sp³-hybridized carbons (Fsp3) is 0.636. The van der Waals surface area contributed by atoms with Gasteiger partial charge in [0.05, 0.1) is 5.69 Å².